The summed E-state index contributed by atoms with van der Waals surface area (Å²) in [6, 6.07) is 4.67. The number of nitrogens with zero attached hydrogens (tertiary/aromatic N) is 1. The van der Waals surface area contributed by atoms with Gasteiger partial charge in [0, 0.05) is 18.9 Å². The summed E-state index contributed by atoms with van der Waals surface area (Å²) in [7, 11) is 0. The van der Waals surface area contributed by atoms with Gasteiger partial charge in [-0.3, -0.25) is 4.79 Å². The number of rotatable bonds is 3. The molecule has 2 rings (SSSR count). The average Bonchev–Trinajstić information content (AvgIpc) is 2.70. The van der Waals surface area contributed by atoms with E-state index in [1.807, 2.05) is 0 Å². The molecule has 0 aromatic heterocycles. The molecule has 0 aliphatic carbocycles. The lowest BCUT2D eigenvalue weighted by Crippen LogP contribution is -2.26. The Morgan fingerprint density at radius 3 is 2.83 bits per heavy atom. The lowest BCUT2D eigenvalue weighted by molar-refractivity contribution is -0.117. The molecule has 1 aromatic carbocycles. The molecule has 1 aliphatic heterocycles. The molecule has 18 heavy (non-hydrogen) atoms. The van der Waals surface area contributed by atoms with E-state index in [1.165, 1.54) is 11.0 Å². The standard InChI is InChI=1S/C13H14N2O3/c1-2-8-6-11(16)15(7-8)10-5-3-4-9(12(10)14)13(17)18/h2-5,8H,1,6-7,14H2,(H,17,18). The van der Waals surface area contributed by atoms with Crippen LogP contribution in [0.15, 0.2) is 30.9 Å². The van der Waals surface area contributed by atoms with E-state index in [4.69, 9.17) is 10.8 Å². The van der Waals surface area contributed by atoms with Gasteiger partial charge in [0.25, 0.3) is 0 Å². The maximum Gasteiger partial charge on any atom is 0.337 e. The summed E-state index contributed by atoms with van der Waals surface area (Å²) in [5.74, 6) is -1.07. The number of carboxylic acid groups (broad SMARTS) is 1. The van der Waals surface area contributed by atoms with Gasteiger partial charge in [-0.1, -0.05) is 12.1 Å². The highest BCUT2D eigenvalue weighted by atomic mass is 16.4. The van der Waals surface area contributed by atoms with Gasteiger partial charge < -0.3 is 15.7 Å². The van der Waals surface area contributed by atoms with Crippen LogP contribution in [0.5, 0.6) is 0 Å². The first kappa shape index (κ1) is 12.2. The minimum Gasteiger partial charge on any atom is -0.478 e. The molecule has 0 bridgehead atoms. The van der Waals surface area contributed by atoms with Crippen molar-refractivity contribution in [1.29, 1.82) is 0 Å². The van der Waals surface area contributed by atoms with Crippen LogP contribution in [0.2, 0.25) is 0 Å². The largest absolute Gasteiger partial charge is 0.478 e. The van der Waals surface area contributed by atoms with Crippen LogP contribution in [0, 0.1) is 5.92 Å². The number of carbonyl (C=O) groups is 2. The molecule has 5 heteroatoms. The van der Waals surface area contributed by atoms with Gasteiger partial charge >= 0.3 is 5.97 Å². The molecule has 0 spiro atoms. The SMILES string of the molecule is C=CC1CC(=O)N(c2cccc(C(=O)O)c2N)C1. The van der Waals surface area contributed by atoms with E-state index in [1.54, 1.807) is 18.2 Å². The van der Waals surface area contributed by atoms with Gasteiger partial charge in [-0.05, 0) is 12.1 Å². The van der Waals surface area contributed by atoms with Crippen molar-refractivity contribution in [2.75, 3.05) is 17.2 Å². The molecule has 94 valence electrons. The summed E-state index contributed by atoms with van der Waals surface area (Å²) in [4.78, 5) is 24.4. The van der Waals surface area contributed by atoms with Crippen molar-refractivity contribution in [3.63, 3.8) is 0 Å². The van der Waals surface area contributed by atoms with Gasteiger partial charge in [0.05, 0.1) is 16.9 Å². The number of anilines is 2. The summed E-state index contributed by atoms with van der Waals surface area (Å²) < 4.78 is 0. The Hall–Kier alpha value is -2.30. The minimum absolute atomic E-state index is 0.0161. The van der Waals surface area contributed by atoms with E-state index in [-0.39, 0.29) is 23.1 Å². The average molecular weight is 246 g/mol. The third-order valence-corrected chi connectivity index (χ3v) is 3.09. The quantitative estimate of drug-likeness (QED) is 0.625. The molecular weight excluding hydrogens is 232 g/mol. The third kappa shape index (κ3) is 1.95. The van der Waals surface area contributed by atoms with Gasteiger partial charge in [-0.15, -0.1) is 6.58 Å². The van der Waals surface area contributed by atoms with Crippen molar-refractivity contribution in [3.05, 3.63) is 36.4 Å². The van der Waals surface area contributed by atoms with Crippen molar-refractivity contribution in [3.8, 4) is 0 Å². The molecule has 1 aromatic rings. The predicted molar refractivity (Wildman–Crippen MR) is 68.5 cm³/mol. The maximum absolute atomic E-state index is 11.9. The Balaban J connectivity index is 2.40. The van der Waals surface area contributed by atoms with Crippen LogP contribution in [0.25, 0.3) is 0 Å². The highest BCUT2D eigenvalue weighted by molar-refractivity contribution is 6.03. The van der Waals surface area contributed by atoms with Crippen LogP contribution in [0.1, 0.15) is 16.8 Å². The number of nitrogens with two attached hydrogens (primary N) is 1. The fourth-order valence-corrected chi connectivity index (χ4v) is 2.10. The number of hydrogen-bond donors (Lipinski definition) is 2. The van der Waals surface area contributed by atoms with Crippen LogP contribution >= 0.6 is 0 Å². The molecule has 1 saturated heterocycles. The van der Waals surface area contributed by atoms with E-state index in [0.717, 1.165) is 0 Å². The fraction of sp³-hybridized carbons (Fsp3) is 0.231. The smallest absolute Gasteiger partial charge is 0.337 e. The highest BCUT2D eigenvalue weighted by Crippen LogP contribution is 2.32. The normalized spacial score (nSPS) is 19.0. The van der Waals surface area contributed by atoms with Gasteiger partial charge in [0.2, 0.25) is 5.91 Å². The first-order valence-electron chi connectivity index (χ1n) is 5.59. The van der Waals surface area contributed by atoms with E-state index < -0.39 is 5.97 Å². The van der Waals surface area contributed by atoms with Gasteiger partial charge in [-0.2, -0.15) is 0 Å². The van der Waals surface area contributed by atoms with Crippen molar-refractivity contribution < 1.29 is 14.7 Å². The van der Waals surface area contributed by atoms with Crippen LogP contribution in [0.3, 0.4) is 0 Å². The molecule has 0 radical (unpaired) electrons. The Bertz CT molecular complexity index is 525. The van der Waals surface area contributed by atoms with Crippen LogP contribution < -0.4 is 10.6 Å². The number of aromatic carboxylic acids is 1. The van der Waals surface area contributed by atoms with E-state index in [9.17, 15) is 9.59 Å². The lowest BCUT2D eigenvalue weighted by Gasteiger charge is -2.19. The van der Waals surface area contributed by atoms with Crippen molar-refractivity contribution >= 4 is 23.3 Å². The highest BCUT2D eigenvalue weighted by Gasteiger charge is 2.30. The Kier molecular flexibility index (Phi) is 3.06. The number of carboxylic acids is 1. The van der Waals surface area contributed by atoms with Crippen LogP contribution in [-0.2, 0) is 4.79 Å². The maximum atomic E-state index is 11.9. The second-order valence-corrected chi connectivity index (χ2v) is 4.25. The molecule has 3 N–H and O–H groups in total. The second kappa shape index (κ2) is 4.52. The van der Waals surface area contributed by atoms with E-state index in [2.05, 4.69) is 6.58 Å². The zero-order valence-electron chi connectivity index (χ0n) is 9.80. The van der Waals surface area contributed by atoms with E-state index >= 15 is 0 Å². The van der Waals surface area contributed by atoms with Gasteiger partial charge in [-0.25, -0.2) is 4.79 Å². The topological polar surface area (TPSA) is 83.6 Å². The molecule has 1 atom stereocenters. The van der Waals surface area contributed by atoms with Gasteiger partial charge in [0.1, 0.15) is 0 Å². The number of para-hydroxylation sites is 1. The summed E-state index contributed by atoms with van der Waals surface area (Å²) >= 11 is 0. The first-order valence-corrected chi connectivity index (χ1v) is 5.59. The lowest BCUT2D eigenvalue weighted by atomic mass is 10.1. The molecule has 1 amide bonds. The number of nitrogen functional groups attached to an aromatic ring is 1. The van der Waals surface area contributed by atoms with Crippen molar-refractivity contribution in [2.24, 2.45) is 5.92 Å². The number of amides is 1. The Morgan fingerprint density at radius 1 is 1.56 bits per heavy atom. The number of hydrogen-bond acceptors (Lipinski definition) is 3. The summed E-state index contributed by atoms with van der Waals surface area (Å²) in [6.45, 7) is 4.16. The zero-order valence-corrected chi connectivity index (χ0v) is 9.80. The van der Waals surface area contributed by atoms with Crippen molar-refractivity contribution in [1.82, 2.24) is 0 Å². The summed E-state index contributed by atoms with van der Waals surface area (Å²) in [5.41, 5.74) is 6.42. The van der Waals surface area contributed by atoms with E-state index in [0.29, 0.717) is 18.7 Å². The summed E-state index contributed by atoms with van der Waals surface area (Å²) in [5, 5.41) is 9.00. The molecule has 1 fully saturated rings. The van der Waals surface area contributed by atoms with Crippen LogP contribution in [-0.4, -0.2) is 23.5 Å². The molecule has 1 heterocycles. The minimum atomic E-state index is -1.10. The zero-order chi connectivity index (χ0) is 13.3. The Labute approximate surface area is 105 Å². The fourth-order valence-electron chi connectivity index (χ4n) is 2.10. The molecule has 1 aliphatic rings. The molecule has 1 unspecified atom stereocenters. The second-order valence-electron chi connectivity index (χ2n) is 4.25. The van der Waals surface area contributed by atoms with Gasteiger partial charge in [0.15, 0.2) is 0 Å². The third-order valence-electron chi connectivity index (χ3n) is 3.09. The molecular formula is C13H14N2O3. The Morgan fingerprint density at radius 2 is 2.28 bits per heavy atom. The monoisotopic (exact) mass is 246 g/mol. The number of carbonyl (C=O) groups excluding carboxylic acids is 1. The van der Waals surface area contributed by atoms with Crippen LogP contribution in [0.4, 0.5) is 11.4 Å². The molecule has 5 nitrogen and oxygen atoms in total. The number of benzene rings is 1. The molecule has 0 saturated carbocycles. The predicted octanol–water partition coefficient (Wildman–Crippen LogP) is 1.51. The summed E-state index contributed by atoms with van der Waals surface area (Å²) in [6.07, 6.45) is 2.12. The van der Waals surface area contributed by atoms with Crippen molar-refractivity contribution in [2.45, 2.75) is 6.42 Å². The first-order chi connectivity index (χ1) is 8.54.